The molecule has 0 unspecified atom stereocenters. The predicted octanol–water partition coefficient (Wildman–Crippen LogP) is 1.73. The van der Waals surface area contributed by atoms with Gasteiger partial charge >= 0.3 is 0 Å². The Morgan fingerprint density at radius 3 is 2.68 bits per heavy atom. The fraction of sp³-hybridized carbons (Fsp3) is 0. The first-order chi connectivity index (χ1) is 12.0. The molecule has 3 N–H and O–H groups in total. The molecule has 4 aromatic heterocycles. The SMILES string of the molecule is NS(=O)(=O)c1cncc(-c2ccc3nccc(-c4cn[nH]c4)c3n2)c1. The van der Waals surface area contributed by atoms with Crippen LogP contribution < -0.4 is 5.14 Å². The van der Waals surface area contributed by atoms with E-state index in [1.165, 1.54) is 18.5 Å². The van der Waals surface area contributed by atoms with Gasteiger partial charge in [0.1, 0.15) is 4.90 Å². The Kier molecular flexibility index (Phi) is 3.52. The van der Waals surface area contributed by atoms with E-state index >= 15 is 0 Å². The van der Waals surface area contributed by atoms with E-state index in [9.17, 15) is 8.42 Å². The Balaban J connectivity index is 1.91. The number of pyridine rings is 3. The molecule has 0 atom stereocenters. The molecule has 0 fully saturated rings. The van der Waals surface area contributed by atoms with Gasteiger partial charge in [-0.3, -0.25) is 15.1 Å². The van der Waals surface area contributed by atoms with Crippen LogP contribution >= 0.6 is 0 Å². The Hall–Kier alpha value is -3.17. The largest absolute Gasteiger partial charge is 0.285 e. The second-order valence-electron chi connectivity index (χ2n) is 5.36. The average molecular weight is 352 g/mol. The maximum absolute atomic E-state index is 11.5. The topological polar surface area (TPSA) is 128 Å². The molecule has 0 aliphatic carbocycles. The summed E-state index contributed by atoms with van der Waals surface area (Å²) in [5.41, 5.74) is 4.28. The first-order valence-corrected chi connectivity index (χ1v) is 8.80. The zero-order chi connectivity index (χ0) is 17.4. The Morgan fingerprint density at radius 1 is 1.04 bits per heavy atom. The van der Waals surface area contributed by atoms with Gasteiger partial charge in [-0.05, 0) is 24.3 Å². The van der Waals surface area contributed by atoms with Crippen LogP contribution in [0.4, 0.5) is 0 Å². The summed E-state index contributed by atoms with van der Waals surface area (Å²) in [6, 6.07) is 6.89. The molecule has 0 aliphatic rings. The van der Waals surface area contributed by atoms with Crippen LogP contribution in [0.15, 0.2) is 60.1 Å². The molecule has 8 nitrogen and oxygen atoms in total. The standard InChI is InChI=1S/C16H12N6O2S/c17-25(23,24)12-5-10(6-18-9-12)14-1-2-15-16(22-14)13(3-4-19-15)11-7-20-21-8-11/h1-9H,(H,20,21)(H2,17,23,24). The highest BCUT2D eigenvalue weighted by Crippen LogP contribution is 2.28. The van der Waals surface area contributed by atoms with Crippen molar-refractivity contribution in [1.82, 2.24) is 25.1 Å². The van der Waals surface area contributed by atoms with Gasteiger partial charge < -0.3 is 0 Å². The van der Waals surface area contributed by atoms with Gasteiger partial charge in [-0.15, -0.1) is 0 Å². The lowest BCUT2D eigenvalue weighted by molar-refractivity contribution is 0.597. The third-order valence-electron chi connectivity index (χ3n) is 3.73. The fourth-order valence-corrected chi connectivity index (χ4v) is 3.03. The first-order valence-electron chi connectivity index (χ1n) is 7.25. The van der Waals surface area contributed by atoms with E-state index < -0.39 is 10.0 Å². The first kappa shape index (κ1) is 15.4. The van der Waals surface area contributed by atoms with Gasteiger partial charge in [-0.25, -0.2) is 18.5 Å². The second-order valence-corrected chi connectivity index (χ2v) is 6.93. The highest BCUT2D eigenvalue weighted by molar-refractivity contribution is 7.89. The molecule has 4 aromatic rings. The number of rotatable bonds is 3. The van der Waals surface area contributed by atoms with E-state index in [-0.39, 0.29) is 4.90 Å². The predicted molar refractivity (Wildman–Crippen MR) is 91.7 cm³/mol. The normalized spacial score (nSPS) is 11.7. The second kappa shape index (κ2) is 5.72. The Bertz CT molecular complexity index is 1170. The number of nitrogens with one attached hydrogen (secondary N) is 1. The van der Waals surface area contributed by atoms with Gasteiger partial charge in [0, 0.05) is 41.5 Å². The van der Waals surface area contributed by atoms with Crippen molar-refractivity contribution in [3.8, 4) is 22.4 Å². The van der Waals surface area contributed by atoms with Crippen LogP contribution in [0.5, 0.6) is 0 Å². The molecule has 0 bridgehead atoms. The third kappa shape index (κ3) is 2.86. The molecule has 0 saturated heterocycles. The highest BCUT2D eigenvalue weighted by Gasteiger charge is 2.12. The van der Waals surface area contributed by atoms with E-state index in [1.54, 1.807) is 24.7 Å². The molecule has 0 saturated carbocycles. The number of hydrogen-bond donors (Lipinski definition) is 2. The van der Waals surface area contributed by atoms with Crippen molar-refractivity contribution in [2.24, 2.45) is 5.14 Å². The summed E-state index contributed by atoms with van der Waals surface area (Å²) in [5.74, 6) is 0. The van der Waals surface area contributed by atoms with Crippen molar-refractivity contribution in [3.63, 3.8) is 0 Å². The van der Waals surface area contributed by atoms with Crippen molar-refractivity contribution in [3.05, 3.63) is 55.2 Å². The quantitative estimate of drug-likeness (QED) is 0.578. The number of nitrogens with zero attached hydrogens (tertiary/aromatic N) is 4. The van der Waals surface area contributed by atoms with Crippen molar-refractivity contribution in [2.75, 3.05) is 0 Å². The Morgan fingerprint density at radius 2 is 1.92 bits per heavy atom. The van der Waals surface area contributed by atoms with E-state index in [1.807, 2.05) is 12.1 Å². The van der Waals surface area contributed by atoms with Crippen LogP contribution in [0.25, 0.3) is 33.4 Å². The molecule has 9 heteroatoms. The van der Waals surface area contributed by atoms with Crippen LogP contribution in [0, 0.1) is 0 Å². The van der Waals surface area contributed by atoms with Crippen molar-refractivity contribution >= 4 is 21.1 Å². The summed E-state index contributed by atoms with van der Waals surface area (Å²) in [7, 11) is -3.83. The fourth-order valence-electron chi connectivity index (χ4n) is 2.53. The Labute approximate surface area is 142 Å². The number of sulfonamides is 1. The number of aromatic amines is 1. The average Bonchev–Trinajstić information content (AvgIpc) is 3.14. The maximum atomic E-state index is 11.5. The highest BCUT2D eigenvalue weighted by atomic mass is 32.2. The lowest BCUT2D eigenvalue weighted by Gasteiger charge is -2.07. The number of nitrogens with two attached hydrogens (primary N) is 1. The summed E-state index contributed by atoms with van der Waals surface area (Å²) in [5, 5.41) is 11.9. The summed E-state index contributed by atoms with van der Waals surface area (Å²) < 4.78 is 23.1. The molecule has 4 rings (SSSR count). The molecule has 0 aliphatic heterocycles. The number of fused-ring (bicyclic) bond motifs is 1. The van der Waals surface area contributed by atoms with Crippen LogP contribution in [0.1, 0.15) is 0 Å². The zero-order valence-corrected chi connectivity index (χ0v) is 13.6. The van der Waals surface area contributed by atoms with Gasteiger partial charge in [-0.2, -0.15) is 5.10 Å². The summed E-state index contributed by atoms with van der Waals surface area (Å²) in [4.78, 5) is 12.9. The van der Waals surface area contributed by atoms with Crippen LogP contribution in [0.2, 0.25) is 0 Å². The van der Waals surface area contributed by atoms with Crippen LogP contribution in [-0.2, 0) is 10.0 Å². The van der Waals surface area contributed by atoms with Crippen LogP contribution in [-0.4, -0.2) is 33.6 Å². The van der Waals surface area contributed by atoms with Gasteiger partial charge in [-0.1, -0.05) is 0 Å². The minimum atomic E-state index is -3.83. The number of hydrogen-bond acceptors (Lipinski definition) is 6. The molecule has 0 radical (unpaired) electrons. The maximum Gasteiger partial charge on any atom is 0.239 e. The van der Waals surface area contributed by atoms with Crippen LogP contribution in [0.3, 0.4) is 0 Å². The monoisotopic (exact) mass is 352 g/mol. The summed E-state index contributed by atoms with van der Waals surface area (Å²) in [6.07, 6.45) is 7.92. The van der Waals surface area contributed by atoms with E-state index in [0.717, 1.165) is 16.6 Å². The number of aromatic nitrogens is 5. The van der Waals surface area contributed by atoms with Gasteiger partial charge in [0.25, 0.3) is 0 Å². The summed E-state index contributed by atoms with van der Waals surface area (Å²) in [6.45, 7) is 0. The minimum absolute atomic E-state index is 0.0619. The van der Waals surface area contributed by atoms with Gasteiger partial charge in [0.2, 0.25) is 10.0 Å². The number of H-pyrrole nitrogens is 1. The molecule has 4 heterocycles. The van der Waals surface area contributed by atoms with E-state index in [2.05, 4.69) is 25.1 Å². The van der Waals surface area contributed by atoms with Gasteiger partial charge in [0.05, 0.1) is 22.9 Å². The minimum Gasteiger partial charge on any atom is -0.285 e. The molecular weight excluding hydrogens is 340 g/mol. The van der Waals surface area contributed by atoms with E-state index in [4.69, 9.17) is 5.14 Å². The molecule has 25 heavy (non-hydrogen) atoms. The van der Waals surface area contributed by atoms with E-state index in [0.29, 0.717) is 16.8 Å². The van der Waals surface area contributed by atoms with Crippen molar-refractivity contribution < 1.29 is 8.42 Å². The number of primary sulfonamides is 1. The lowest BCUT2D eigenvalue weighted by Crippen LogP contribution is -2.12. The molecule has 124 valence electrons. The smallest absolute Gasteiger partial charge is 0.239 e. The molecule has 0 amide bonds. The van der Waals surface area contributed by atoms with Crippen molar-refractivity contribution in [1.29, 1.82) is 0 Å². The summed E-state index contributed by atoms with van der Waals surface area (Å²) >= 11 is 0. The molecular formula is C16H12N6O2S. The molecule has 0 spiro atoms. The van der Waals surface area contributed by atoms with Crippen molar-refractivity contribution in [2.45, 2.75) is 4.90 Å². The lowest BCUT2D eigenvalue weighted by atomic mass is 10.1. The van der Waals surface area contributed by atoms with Gasteiger partial charge in [0.15, 0.2) is 0 Å². The molecule has 0 aromatic carbocycles. The zero-order valence-electron chi connectivity index (χ0n) is 12.8. The third-order valence-corrected chi connectivity index (χ3v) is 4.61.